The standard InChI is InChI=1S/C8H14N2O3/c1-4-13-7(11)5-6(2)10-8(12)9-3/h5H,4H2,1-3H3,(H2,9,10,12). The van der Waals surface area contributed by atoms with Gasteiger partial charge in [0.2, 0.25) is 0 Å². The van der Waals surface area contributed by atoms with Gasteiger partial charge in [0.25, 0.3) is 0 Å². The number of hydrogen-bond donors (Lipinski definition) is 2. The summed E-state index contributed by atoms with van der Waals surface area (Å²) in [7, 11) is 1.49. The first-order chi connectivity index (χ1) is 6.10. The number of ether oxygens (including phenoxy) is 1. The number of amides is 2. The fraction of sp³-hybridized carbons (Fsp3) is 0.500. The fourth-order valence-corrected chi connectivity index (χ4v) is 0.638. The van der Waals surface area contributed by atoms with Crippen molar-refractivity contribution in [1.82, 2.24) is 10.6 Å². The van der Waals surface area contributed by atoms with E-state index in [0.717, 1.165) is 0 Å². The summed E-state index contributed by atoms with van der Waals surface area (Å²) < 4.78 is 4.64. The van der Waals surface area contributed by atoms with Gasteiger partial charge in [-0.3, -0.25) is 0 Å². The molecule has 0 rings (SSSR count). The van der Waals surface area contributed by atoms with Gasteiger partial charge in [0.15, 0.2) is 0 Å². The van der Waals surface area contributed by atoms with E-state index in [0.29, 0.717) is 12.3 Å². The molecule has 0 bridgehead atoms. The maximum atomic E-state index is 10.9. The molecule has 74 valence electrons. The summed E-state index contributed by atoms with van der Waals surface area (Å²) in [4.78, 5) is 21.6. The van der Waals surface area contributed by atoms with Gasteiger partial charge in [-0.1, -0.05) is 0 Å². The van der Waals surface area contributed by atoms with Crippen molar-refractivity contribution in [1.29, 1.82) is 0 Å². The number of hydrogen-bond acceptors (Lipinski definition) is 3. The fourth-order valence-electron chi connectivity index (χ4n) is 0.638. The molecule has 0 unspecified atom stereocenters. The van der Waals surface area contributed by atoms with Crippen molar-refractivity contribution in [3.05, 3.63) is 11.8 Å². The van der Waals surface area contributed by atoms with Crippen LogP contribution in [0.2, 0.25) is 0 Å². The maximum absolute atomic E-state index is 10.9. The molecule has 0 aromatic carbocycles. The van der Waals surface area contributed by atoms with Gasteiger partial charge in [-0.15, -0.1) is 0 Å². The van der Waals surface area contributed by atoms with Crippen LogP contribution >= 0.6 is 0 Å². The lowest BCUT2D eigenvalue weighted by Gasteiger charge is -2.03. The zero-order chi connectivity index (χ0) is 10.3. The van der Waals surface area contributed by atoms with E-state index >= 15 is 0 Å². The summed E-state index contributed by atoms with van der Waals surface area (Å²) in [6.45, 7) is 3.64. The van der Waals surface area contributed by atoms with E-state index < -0.39 is 5.97 Å². The number of urea groups is 1. The molecule has 5 nitrogen and oxygen atoms in total. The van der Waals surface area contributed by atoms with Gasteiger partial charge in [-0.05, 0) is 13.8 Å². The molecular formula is C8H14N2O3. The first-order valence-electron chi connectivity index (χ1n) is 3.94. The molecule has 0 aromatic heterocycles. The molecule has 0 radical (unpaired) electrons. The van der Waals surface area contributed by atoms with E-state index in [1.54, 1.807) is 13.8 Å². The second-order valence-electron chi connectivity index (χ2n) is 2.28. The van der Waals surface area contributed by atoms with Gasteiger partial charge in [-0.2, -0.15) is 0 Å². The van der Waals surface area contributed by atoms with Gasteiger partial charge in [-0.25, -0.2) is 9.59 Å². The van der Waals surface area contributed by atoms with Crippen LogP contribution in [-0.4, -0.2) is 25.7 Å². The molecule has 0 fully saturated rings. The molecular weight excluding hydrogens is 172 g/mol. The normalized spacial score (nSPS) is 10.5. The molecule has 0 saturated heterocycles. The third-order valence-corrected chi connectivity index (χ3v) is 1.16. The molecule has 0 atom stereocenters. The van der Waals surface area contributed by atoms with E-state index in [1.807, 2.05) is 0 Å². The van der Waals surface area contributed by atoms with Crippen LogP contribution in [0.3, 0.4) is 0 Å². The molecule has 0 aliphatic carbocycles. The highest BCUT2D eigenvalue weighted by Crippen LogP contribution is 1.88. The number of allylic oxidation sites excluding steroid dienone is 1. The van der Waals surface area contributed by atoms with Crippen molar-refractivity contribution in [2.75, 3.05) is 13.7 Å². The lowest BCUT2D eigenvalue weighted by molar-refractivity contribution is -0.137. The highest BCUT2D eigenvalue weighted by atomic mass is 16.5. The van der Waals surface area contributed by atoms with Gasteiger partial charge in [0.1, 0.15) is 0 Å². The largest absolute Gasteiger partial charge is 0.463 e. The number of carbonyl (C=O) groups is 2. The Bertz CT molecular complexity index is 223. The van der Waals surface area contributed by atoms with E-state index in [9.17, 15) is 9.59 Å². The Balaban J connectivity index is 4.01. The quantitative estimate of drug-likeness (QED) is 0.494. The van der Waals surface area contributed by atoms with Crippen molar-refractivity contribution >= 4 is 12.0 Å². The Morgan fingerprint density at radius 3 is 2.54 bits per heavy atom. The molecule has 13 heavy (non-hydrogen) atoms. The summed E-state index contributed by atoms with van der Waals surface area (Å²) >= 11 is 0. The number of carbonyl (C=O) groups excluding carboxylic acids is 2. The predicted octanol–water partition coefficient (Wildman–Crippen LogP) is 0.382. The molecule has 0 heterocycles. The summed E-state index contributed by atoms with van der Waals surface area (Å²) in [6.07, 6.45) is 1.22. The number of nitrogens with one attached hydrogen (secondary N) is 2. The lowest BCUT2D eigenvalue weighted by atomic mass is 10.4. The number of esters is 1. The minimum absolute atomic E-state index is 0.322. The zero-order valence-corrected chi connectivity index (χ0v) is 8.01. The Morgan fingerprint density at radius 1 is 1.46 bits per heavy atom. The van der Waals surface area contributed by atoms with E-state index in [1.165, 1.54) is 13.1 Å². The molecule has 5 heteroatoms. The third-order valence-electron chi connectivity index (χ3n) is 1.16. The Labute approximate surface area is 77.1 Å². The van der Waals surface area contributed by atoms with E-state index in [4.69, 9.17) is 0 Å². The Hall–Kier alpha value is -1.52. The van der Waals surface area contributed by atoms with Crippen molar-refractivity contribution in [2.24, 2.45) is 0 Å². The molecule has 0 aliphatic heterocycles. The smallest absolute Gasteiger partial charge is 0.332 e. The molecule has 2 amide bonds. The van der Waals surface area contributed by atoms with Gasteiger partial charge in [0, 0.05) is 18.8 Å². The van der Waals surface area contributed by atoms with Crippen molar-refractivity contribution < 1.29 is 14.3 Å². The van der Waals surface area contributed by atoms with Crippen molar-refractivity contribution in [2.45, 2.75) is 13.8 Å². The molecule has 0 saturated carbocycles. The maximum Gasteiger partial charge on any atom is 0.332 e. The average Bonchev–Trinajstić information content (AvgIpc) is 2.04. The van der Waals surface area contributed by atoms with Crippen LogP contribution in [0.4, 0.5) is 4.79 Å². The van der Waals surface area contributed by atoms with Crippen LogP contribution in [0.5, 0.6) is 0 Å². The summed E-state index contributed by atoms with van der Waals surface area (Å²) in [6, 6.07) is -0.363. The van der Waals surface area contributed by atoms with E-state index in [-0.39, 0.29) is 6.03 Å². The predicted molar refractivity (Wildman–Crippen MR) is 48.0 cm³/mol. The van der Waals surface area contributed by atoms with Crippen LogP contribution in [0, 0.1) is 0 Å². The van der Waals surface area contributed by atoms with Crippen LogP contribution < -0.4 is 10.6 Å². The summed E-state index contributed by atoms with van der Waals surface area (Å²) in [5.74, 6) is -0.462. The average molecular weight is 186 g/mol. The van der Waals surface area contributed by atoms with Gasteiger partial charge >= 0.3 is 12.0 Å². The van der Waals surface area contributed by atoms with Gasteiger partial charge in [0.05, 0.1) is 6.61 Å². The second kappa shape index (κ2) is 6.05. The second-order valence-corrected chi connectivity index (χ2v) is 2.28. The summed E-state index contributed by atoms with van der Waals surface area (Å²) in [5, 5.41) is 4.79. The van der Waals surface area contributed by atoms with Crippen molar-refractivity contribution in [3.63, 3.8) is 0 Å². The molecule has 0 spiro atoms. The van der Waals surface area contributed by atoms with Crippen LogP contribution in [0.15, 0.2) is 11.8 Å². The highest BCUT2D eigenvalue weighted by molar-refractivity contribution is 5.84. The zero-order valence-electron chi connectivity index (χ0n) is 8.01. The van der Waals surface area contributed by atoms with Gasteiger partial charge < -0.3 is 15.4 Å². The topological polar surface area (TPSA) is 67.4 Å². The Kier molecular flexibility index (Phi) is 5.34. The van der Waals surface area contributed by atoms with E-state index in [2.05, 4.69) is 15.4 Å². The van der Waals surface area contributed by atoms with Crippen molar-refractivity contribution in [3.8, 4) is 0 Å². The minimum Gasteiger partial charge on any atom is -0.463 e. The highest BCUT2D eigenvalue weighted by Gasteiger charge is 2.00. The first-order valence-corrected chi connectivity index (χ1v) is 3.94. The lowest BCUT2D eigenvalue weighted by Crippen LogP contribution is -2.31. The molecule has 0 aliphatic rings. The van der Waals surface area contributed by atoms with Crippen LogP contribution in [0.25, 0.3) is 0 Å². The first kappa shape index (κ1) is 11.5. The van der Waals surface area contributed by atoms with Crippen LogP contribution in [0.1, 0.15) is 13.8 Å². The summed E-state index contributed by atoms with van der Waals surface area (Å²) in [5.41, 5.74) is 0.442. The molecule has 2 N–H and O–H groups in total. The monoisotopic (exact) mass is 186 g/mol. The third kappa shape index (κ3) is 5.72. The molecule has 0 aromatic rings. The SMILES string of the molecule is CCOC(=O)C=C(C)NC(=O)NC. The minimum atomic E-state index is -0.462. The van der Waals surface area contributed by atoms with Crippen LogP contribution in [-0.2, 0) is 9.53 Å². The Morgan fingerprint density at radius 2 is 2.08 bits per heavy atom. The number of rotatable bonds is 3.